The molecule has 102 valence electrons. The number of H-pyrrole nitrogens is 1. The van der Waals surface area contributed by atoms with Gasteiger partial charge in [0.2, 0.25) is 0 Å². The second-order valence-electron chi connectivity index (χ2n) is 4.68. The van der Waals surface area contributed by atoms with E-state index in [4.69, 9.17) is 0 Å². The number of aryl methyl sites for hydroxylation is 1. The highest BCUT2D eigenvalue weighted by molar-refractivity contribution is 5.88. The van der Waals surface area contributed by atoms with Crippen LogP contribution in [0.3, 0.4) is 0 Å². The SMILES string of the molecule is Cc1n[nH]c2ncnc(NC3CCNCC3(F)F)c12. The molecule has 1 unspecified atom stereocenters. The van der Waals surface area contributed by atoms with Crippen molar-refractivity contribution in [3.8, 4) is 0 Å². The van der Waals surface area contributed by atoms with Gasteiger partial charge in [0.05, 0.1) is 23.7 Å². The van der Waals surface area contributed by atoms with Gasteiger partial charge >= 0.3 is 0 Å². The summed E-state index contributed by atoms with van der Waals surface area (Å²) >= 11 is 0. The van der Waals surface area contributed by atoms with E-state index in [1.54, 1.807) is 6.92 Å². The molecule has 3 heterocycles. The summed E-state index contributed by atoms with van der Waals surface area (Å²) in [5, 5.41) is 13.0. The molecule has 8 heteroatoms. The first-order valence-corrected chi connectivity index (χ1v) is 6.09. The normalized spacial score (nSPS) is 22.6. The number of rotatable bonds is 2. The summed E-state index contributed by atoms with van der Waals surface area (Å²) in [4.78, 5) is 8.09. The second kappa shape index (κ2) is 4.37. The van der Waals surface area contributed by atoms with Crippen molar-refractivity contribution in [1.29, 1.82) is 0 Å². The van der Waals surface area contributed by atoms with Gasteiger partial charge in [-0.15, -0.1) is 0 Å². The van der Waals surface area contributed by atoms with Crippen molar-refractivity contribution < 1.29 is 8.78 Å². The van der Waals surface area contributed by atoms with Crippen molar-refractivity contribution in [1.82, 2.24) is 25.5 Å². The molecule has 0 aromatic carbocycles. The van der Waals surface area contributed by atoms with Crippen LogP contribution in [0.4, 0.5) is 14.6 Å². The van der Waals surface area contributed by atoms with Crippen molar-refractivity contribution in [3.63, 3.8) is 0 Å². The van der Waals surface area contributed by atoms with Gasteiger partial charge in [-0.25, -0.2) is 18.7 Å². The molecule has 0 bridgehead atoms. The number of anilines is 1. The third kappa shape index (κ3) is 2.12. The van der Waals surface area contributed by atoms with Crippen molar-refractivity contribution in [2.24, 2.45) is 0 Å². The second-order valence-corrected chi connectivity index (χ2v) is 4.68. The number of hydrogen-bond donors (Lipinski definition) is 3. The van der Waals surface area contributed by atoms with E-state index < -0.39 is 12.0 Å². The minimum absolute atomic E-state index is 0.316. The third-order valence-electron chi connectivity index (χ3n) is 3.33. The first kappa shape index (κ1) is 12.2. The Labute approximate surface area is 108 Å². The van der Waals surface area contributed by atoms with Crippen LogP contribution in [0.2, 0.25) is 0 Å². The minimum Gasteiger partial charge on any atom is -0.360 e. The summed E-state index contributed by atoms with van der Waals surface area (Å²) in [6.07, 6.45) is 1.68. The summed E-state index contributed by atoms with van der Waals surface area (Å²) in [5.41, 5.74) is 1.24. The number of nitrogens with one attached hydrogen (secondary N) is 3. The summed E-state index contributed by atoms with van der Waals surface area (Å²) in [6.45, 7) is 2.03. The number of halogens is 2. The van der Waals surface area contributed by atoms with Crippen LogP contribution in [0, 0.1) is 6.92 Å². The fraction of sp³-hybridized carbons (Fsp3) is 0.545. The zero-order chi connectivity index (χ0) is 13.5. The Balaban J connectivity index is 1.94. The first-order valence-electron chi connectivity index (χ1n) is 6.09. The number of alkyl halides is 2. The topological polar surface area (TPSA) is 78.5 Å². The summed E-state index contributed by atoms with van der Waals surface area (Å²) < 4.78 is 27.6. The lowest BCUT2D eigenvalue weighted by atomic mass is 10.0. The predicted molar refractivity (Wildman–Crippen MR) is 66.3 cm³/mol. The van der Waals surface area contributed by atoms with Crippen LogP contribution < -0.4 is 10.6 Å². The molecule has 1 atom stereocenters. The van der Waals surface area contributed by atoms with Crippen LogP contribution in [-0.4, -0.2) is 45.2 Å². The van der Waals surface area contributed by atoms with Crippen molar-refractivity contribution >= 4 is 16.9 Å². The Bertz CT molecular complexity index is 596. The standard InChI is InChI=1S/C11H14F2N6/c1-6-8-9(15-5-16-10(8)19-18-6)17-7-2-3-14-4-11(7,12)13/h5,7,14H,2-4H2,1H3,(H2,15,16,17,18,19). The van der Waals surface area contributed by atoms with Crippen LogP contribution in [0.5, 0.6) is 0 Å². The number of aromatic amines is 1. The quantitative estimate of drug-likeness (QED) is 0.759. The maximum Gasteiger partial charge on any atom is 0.279 e. The zero-order valence-corrected chi connectivity index (χ0v) is 10.4. The van der Waals surface area contributed by atoms with Gasteiger partial charge in [-0.2, -0.15) is 5.10 Å². The van der Waals surface area contributed by atoms with Gasteiger partial charge in [-0.05, 0) is 19.9 Å². The van der Waals surface area contributed by atoms with Gasteiger partial charge in [0, 0.05) is 0 Å². The Kier molecular flexibility index (Phi) is 2.81. The van der Waals surface area contributed by atoms with E-state index in [1.807, 2.05) is 0 Å². The molecule has 3 N–H and O–H groups in total. The lowest BCUT2D eigenvalue weighted by Gasteiger charge is -2.32. The molecule has 19 heavy (non-hydrogen) atoms. The highest BCUT2D eigenvalue weighted by atomic mass is 19.3. The molecule has 3 rings (SSSR count). The number of hydrogen-bond acceptors (Lipinski definition) is 5. The lowest BCUT2D eigenvalue weighted by molar-refractivity contribution is -0.0322. The van der Waals surface area contributed by atoms with Crippen LogP contribution in [0.15, 0.2) is 6.33 Å². The molecular formula is C11H14F2N6. The van der Waals surface area contributed by atoms with Crippen LogP contribution >= 0.6 is 0 Å². The molecule has 0 amide bonds. The highest BCUT2D eigenvalue weighted by Crippen LogP contribution is 2.28. The van der Waals surface area contributed by atoms with E-state index in [-0.39, 0.29) is 6.54 Å². The van der Waals surface area contributed by atoms with E-state index in [1.165, 1.54) is 6.33 Å². The molecule has 1 aliphatic heterocycles. The van der Waals surface area contributed by atoms with Gasteiger partial charge in [0.25, 0.3) is 5.92 Å². The van der Waals surface area contributed by atoms with Gasteiger partial charge in [-0.3, -0.25) is 5.10 Å². The average molecular weight is 268 g/mol. The maximum atomic E-state index is 13.8. The van der Waals surface area contributed by atoms with Crippen molar-refractivity contribution in [2.75, 3.05) is 18.4 Å². The minimum atomic E-state index is -2.80. The molecule has 1 saturated heterocycles. The molecule has 1 fully saturated rings. The van der Waals surface area contributed by atoms with Gasteiger partial charge < -0.3 is 10.6 Å². The van der Waals surface area contributed by atoms with Crippen LogP contribution in [-0.2, 0) is 0 Å². The van der Waals surface area contributed by atoms with Crippen LogP contribution in [0.1, 0.15) is 12.1 Å². The van der Waals surface area contributed by atoms with Gasteiger partial charge in [0.15, 0.2) is 5.65 Å². The average Bonchev–Trinajstić information content (AvgIpc) is 2.75. The summed E-state index contributed by atoms with van der Waals surface area (Å²) in [5.74, 6) is -2.39. The van der Waals surface area contributed by atoms with Crippen molar-refractivity contribution in [2.45, 2.75) is 25.3 Å². The summed E-state index contributed by atoms with van der Waals surface area (Å²) in [6, 6.07) is -0.929. The maximum absolute atomic E-state index is 13.8. The van der Waals surface area contributed by atoms with Gasteiger partial charge in [0.1, 0.15) is 12.1 Å². The third-order valence-corrected chi connectivity index (χ3v) is 3.33. The molecule has 1 aliphatic rings. The van der Waals surface area contributed by atoms with Crippen molar-refractivity contribution in [3.05, 3.63) is 12.0 Å². The molecular weight excluding hydrogens is 254 g/mol. The first-order chi connectivity index (χ1) is 9.08. The molecule has 0 spiro atoms. The van der Waals surface area contributed by atoms with Crippen LogP contribution in [0.25, 0.3) is 11.0 Å². The number of nitrogens with zero attached hydrogens (tertiary/aromatic N) is 3. The predicted octanol–water partition coefficient (Wildman–Crippen LogP) is 1.07. The molecule has 0 radical (unpaired) electrons. The highest BCUT2D eigenvalue weighted by Gasteiger charge is 2.42. The smallest absolute Gasteiger partial charge is 0.279 e. The largest absolute Gasteiger partial charge is 0.360 e. The Morgan fingerprint density at radius 2 is 2.26 bits per heavy atom. The Morgan fingerprint density at radius 1 is 1.42 bits per heavy atom. The molecule has 0 aliphatic carbocycles. The number of piperidine rings is 1. The van der Waals surface area contributed by atoms with E-state index in [0.717, 1.165) is 0 Å². The number of aromatic nitrogens is 4. The Hall–Kier alpha value is -1.83. The number of fused-ring (bicyclic) bond motifs is 1. The lowest BCUT2D eigenvalue weighted by Crippen LogP contribution is -2.53. The van der Waals surface area contributed by atoms with Gasteiger partial charge in [-0.1, -0.05) is 0 Å². The van der Waals surface area contributed by atoms with E-state index in [0.29, 0.717) is 35.5 Å². The Morgan fingerprint density at radius 3 is 3.05 bits per heavy atom. The van der Waals surface area contributed by atoms with E-state index >= 15 is 0 Å². The molecule has 2 aromatic rings. The van der Waals surface area contributed by atoms with E-state index in [9.17, 15) is 8.78 Å². The molecule has 0 saturated carbocycles. The monoisotopic (exact) mass is 268 g/mol. The summed E-state index contributed by atoms with van der Waals surface area (Å²) in [7, 11) is 0. The zero-order valence-electron chi connectivity index (χ0n) is 10.4. The fourth-order valence-electron chi connectivity index (χ4n) is 2.29. The fourth-order valence-corrected chi connectivity index (χ4v) is 2.29. The molecule has 2 aromatic heterocycles. The van der Waals surface area contributed by atoms with E-state index in [2.05, 4.69) is 30.8 Å². The molecule has 6 nitrogen and oxygen atoms in total.